The molecule has 0 saturated heterocycles. The van der Waals surface area contributed by atoms with E-state index in [0.717, 1.165) is 10.9 Å². The third-order valence-corrected chi connectivity index (χ3v) is 6.56. The van der Waals surface area contributed by atoms with E-state index in [1.165, 1.54) is 21.9 Å². The van der Waals surface area contributed by atoms with Crippen LogP contribution in [0.2, 0.25) is 0 Å². The molecule has 0 atom stereocenters. The molecule has 39 heavy (non-hydrogen) atoms. The summed E-state index contributed by atoms with van der Waals surface area (Å²) >= 11 is 0. The van der Waals surface area contributed by atoms with Crippen molar-refractivity contribution in [2.75, 3.05) is 9.80 Å². The monoisotopic (exact) mass is 521 g/mol. The quantitative estimate of drug-likeness (QED) is 0.175. The van der Waals surface area contributed by atoms with Crippen LogP contribution in [0.3, 0.4) is 0 Å². The Kier molecular flexibility index (Phi) is 5.39. The Morgan fingerprint density at radius 3 is 1.41 bits per heavy atom. The number of carbonyl (C=O) groups excluding carboxylic acids is 2. The molecule has 3 aromatic heterocycles. The van der Waals surface area contributed by atoms with Crippen molar-refractivity contribution < 1.29 is 29.4 Å². The van der Waals surface area contributed by atoms with E-state index in [2.05, 4.69) is 15.0 Å². The van der Waals surface area contributed by atoms with Crippen molar-refractivity contribution in [3.63, 3.8) is 0 Å². The predicted octanol–water partition coefficient (Wildman–Crippen LogP) is 5.12. The van der Waals surface area contributed by atoms with Crippen LogP contribution in [0.25, 0.3) is 32.7 Å². The van der Waals surface area contributed by atoms with Gasteiger partial charge in [-0.1, -0.05) is 0 Å². The number of nitrogens with zero attached hydrogens (tertiary/aromatic N) is 2. The lowest BCUT2D eigenvalue weighted by Crippen LogP contribution is -2.14. The van der Waals surface area contributed by atoms with E-state index in [0.29, 0.717) is 57.5 Å². The van der Waals surface area contributed by atoms with E-state index in [1.807, 2.05) is 0 Å². The number of anilines is 4. The van der Waals surface area contributed by atoms with Crippen LogP contribution in [0.5, 0.6) is 0 Å². The molecule has 5 N–H and O–H groups in total. The lowest BCUT2D eigenvalue weighted by Gasteiger charge is -2.18. The van der Waals surface area contributed by atoms with E-state index in [1.54, 1.807) is 60.7 Å². The summed E-state index contributed by atoms with van der Waals surface area (Å²) in [4.78, 5) is 58.5. The van der Waals surface area contributed by atoms with Gasteiger partial charge in [0, 0.05) is 44.1 Å². The van der Waals surface area contributed by atoms with Gasteiger partial charge in [-0.05, 0) is 72.8 Å². The fourth-order valence-electron chi connectivity index (χ4n) is 4.68. The van der Waals surface area contributed by atoms with Gasteiger partial charge < -0.3 is 25.2 Å². The molecule has 0 aliphatic rings. The molecule has 0 aliphatic heterocycles. The van der Waals surface area contributed by atoms with Crippen LogP contribution >= 0.6 is 0 Å². The number of rotatable bonds is 8. The molecule has 0 saturated carbocycles. The van der Waals surface area contributed by atoms with Crippen molar-refractivity contribution in [2.45, 2.75) is 0 Å². The van der Waals surface area contributed by atoms with Gasteiger partial charge in [0.2, 0.25) is 12.8 Å². The minimum absolute atomic E-state index is 0.0515. The summed E-state index contributed by atoms with van der Waals surface area (Å²) in [6.45, 7) is 0. The Morgan fingerprint density at radius 1 is 0.564 bits per heavy atom. The van der Waals surface area contributed by atoms with Crippen LogP contribution < -0.4 is 9.80 Å². The van der Waals surface area contributed by atoms with E-state index in [-0.39, 0.29) is 11.4 Å². The van der Waals surface area contributed by atoms with E-state index in [9.17, 15) is 29.4 Å². The first-order chi connectivity index (χ1) is 18.8. The number of carboxylic acids is 2. The number of carbonyl (C=O) groups is 4. The molecular formula is C28H19N5O6. The molecule has 0 radical (unpaired) electrons. The fourth-order valence-corrected chi connectivity index (χ4v) is 4.68. The number of fused-ring (bicyclic) bond motifs is 3. The Balaban J connectivity index is 1.35. The summed E-state index contributed by atoms with van der Waals surface area (Å²) in [5, 5.41) is 20.5. The van der Waals surface area contributed by atoms with Crippen LogP contribution in [0.1, 0.15) is 21.0 Å². The number of aromatic amines is 3. The van der Waals surface area contributed by atoms with E-state index < -0.39 is 11.9 Å². The van der Waals surface area contributed by atoms with Gasteiger partial charge in [0.1, 0.15) is 17.2 Å². The number of aromatic nitrogens is 3. The van der Waals surface area contributed by atoms with Crippen LogP contribution in [-0.2, 0) is 9.59 Å². The lowest BCUT2D eigenvalue weighted by molar-refractivity contribution is -0.107. The maximum Gasteiger partial charge on any atom is 0.352 e. The largest absolute Gasteiger partial charge is 0.477 e. The number of amides is 2. The van der Waals surface area contributed by atoms with Crippen LogP contribution in [0, 0.1) is 0 Å². The standard InChI is InChI=1S/C28H19N5O6/c34-13-32(18-1-4-21-15(7-18)10-24(29-21)27(36)37)19-2-6-23-17(9-19)12-26(31-23)33(14-35)20-3-5-22-16(8-20)11-25(30-22)28(38)39/h1-14,29-31H,(H,36,37)(H,38,39). The highest BCUT2D eigenvalue weighted by molar-refractivity contribution is 6.00. The first-order valence-electron chi connectivity index (χ1n) is 11.7. The second-order valence-corrected chi connectivity index (χ2v) is 8.90. The van der Waals surface area contributed by atoms with E-state index >= 15 is 0 Å². The third-order valence-electron chi connectivity index (χ3n) is 6.56. The van der Waals surface area contributed by atoms with Gasteiger partial charge in [-0.25, -0.2) is 9.59 Å². The summed E-state index contributed by atoms with van der Waals surface area (Å²) in [5.74, 6) is -1.66. The zero-order valence-electron chi connectivity index (χ0n) is 20.0. The summed E-state index contributed by atoms with van der Waals surface area (Å²) in [6, 6.07) is 20.4. The highest BCUT2D eigenvalue weighted by Gasteiger charge is 2.16. The Morgan fingerprint density at radius 2 is 0.974 bits per heavy atom. The predicted molar refractivity (Wildman–Crippen MR) is 145 cm³/mol. The molecule has 6 rings (SSSR count). The van der Waals surface area contributed by atoms with Crippen molar-refractivity contribution in [2.24, 2.45) is 0 Å². The molecule has 0 unspecified atom stereocenters. The zero-order valence-corrected chi connectivity index (χ0v) is 20.0. The Hall–Kier alpha value is -5.84. The molecule has 11 heteroatoms. The van der Waals surface area contributed by atoms with Gasteiger partial charge in [-0.2, -0.15) is 0 Å². The van der Waals surface area contributed by atoms with Crippen molar-refractivity contribution in [1.82, 2.24) is 15.0 Å². The highest BCUT2D eigenvalue weighted by atomic mass is 16.4. The maximum atomic E-state index is 12.1. The average Bonchev–Trinajstić information content (AvgIpc) is 3.65. The number of hydrogen-bond acceptors (Lipinski definition) is 4. The fraction of sp³-hybridized carbons (Fsp3) is 0. The molecule has 192 valence electrons. The maximum absolute atomic E-state index is 12.1. The normalized spacial score (nSPS) is 11.2. The molecular weight excluding hydrogens is 502 g/mol. The van der Waals surface area contributed by atoms with Crippen molar-refractivity contribution >= 4 is 80.3 Å². The number of hydrogen-bond donors (Lipinski definition) is 5. The Labute approximate surface area is 218 Å². The molecule has 0 spiro atoms. The molecule has 0 aliphatic carbocycles. The lowest BCUT2D eigenvalue weighted by atomic mass is 10.1. The van der Waals surface area contributed by atoms with Gasteiger partial charge in [0.15, 0.2) is 0 Å². The highest BCUT2D eigenvalue weighted by Crippen LogP contribution is 2.33. The van der Waals surface area contributed by atoms with Gasteiger partial charge in [-0.15, -0.1) is 0 Å². The van der Waals surface area contributed by atoms with Gasteiger partial charge in [-0.3, -0.25) is 19.4 Å². The molecule has 3 aromatic carbocycles. The number of benzene rings is 3. The first kappa shape index (κ1) is 23.6. The SMILES string of the molecule is O=CN(c1ccc2[nH]c(C(=O)O)cc2c1)c1ccc2[nH]c(N(C=O)c3ccc4[nH]c(C(=O)O)cc4c3)cc2c1. The average molecular weight is 521 g/mol. The smallest absolute Gasteiger partial charge is 0.352 e. The molecule has 2 amide bonds. The Bertz CT molecular complexity index is 1850. The number of aromatic carboxylic acids is 2. The molecule has 3 heterocycles. The third kappa shape index (κ3) is 4.03. The van der Waals surface area contributed by atoms with Gasteiger partial charge >= 0.3 is 11.9 Å². The topological polar surface area (TPSA) is 163 Å². The van der Waals surface area contributed by atoms with Crippen molar-refractivity contribution in [3.8, 4) is 0 Å². The number of nitrogens with one attached hydrogen (secondary N) is 3. The van der Waals surface area contributed by atoms with Gasteiger partial charge in [0.05, 0.1) is 5.69 Å². The van der Waals surface area contributed by atoms with Crippen LogP contribution in [-0.4, -0.2) is 49.9 Å². The van der Waals surface area contributed by atoms with Crippen LogP contribution in [0.15, 0.2) is 72.8 Å². The van der Waals surface area contributed by atoms with Crippen LogP contribution in [0.4, 0.5) is 22.9 Å². The molecule has 0 fully saturated rings. The molecule has 0 bridgehead atoms. The second kappa shape index (κ2) is 8.92. The molecule has 11 nitrogen and oxygen atoms in total. The second-order valence-electron chi connectivity index (χ2n) is 8.90. The minimum Gasteiger partial charge on any atom is -0.477 e. The first-order valence-corrected chi connectivity index (χ1v) is 11.7. The summed E-state index contributed by atoms with van der Waals surface area (Å²) in [5.41, 5.74) is 3.77. The summed E-state index contributed by atoms with van der Waals surface area (Å²) in [7, 11) is 0. The number of carboxylic acid groups (broad SMARTS) is 2. The number of H-pyrrole nitrogens is 3. The van der Waals surface area contributed by atoms with E-state index in [4.69, 9.17) is 0 Å². The van der Waals surface area contributed by atoms with Crippen molar-refractivity contribution in [1.29, 1.82) is 0 Å². The van der Waals surface area contributed by atoms with Gasteiger partial charge in [0.25, 0.3) is 0 Å². The minimum atomic E-state index is -1.08. The summed E-state index contributed by atoms with van der Waals surface area (Å²) in [6.07, 6.45) is 1.34. The molecule has 6 aromatic rings. The van der Waals surface area contributed by atoms with Crippen molar-refractivity contribution in [3.05, 3.63) is 84.2 Å². The summed E-state index contributed by atoms with van der Waals surface area (Å²) < 4.78 is 0. The zero-order chi connectivity index (χ0) is 27.3.